The second-order valence-electron chi connectivity index (χ2n) is 13.8. The quantitative estimate of drug-likeness (QED) is 0.526. The number of rotatable bonds is 2. The number of piperidine rings is 2. The average molecular weight is 468 g/mol. The highest BCUT2D eigenvalue weighted by atomic mass is 16.2. The standard InChI is InChI=1S/C30H49N3O/c1-18-11-22-16-28-25(23-15-27(22)29(12-18)32(4)17-23)8-7-24(31-28)14-21-10-19(2)13-30-26(21)6-5-9-33(30)20(3)34/h18-19,21-27,29-30H,5-17H2,1-4H3/t18-,19+,21-,22+,23+,24-,25-,26-,27-,29+,30+/m1/s1. The predicted octanol–water partition coefficient (Wildman–Crippen LogP) is 5.66. The van der Waals surface area contributed by atoms with Crippen LogP contribution in [0.5, 0.6) is 0 Å². The van der Waals surface area contributed by atoms with E-state index in [0.717, 1.165) is 54.0 Å². The topological polar surface area (TPSA) is 35.9 Å². The Labute approximate surface area is 208 Å². The summed E-state index contributed by atoms with van der Waals surface area (Å²) in [6, 6.07) is 1.87. The van der Waals surface area contributed by atoms with Crippen LogP contribution in [0.15, 0.2) is 4.99 Å². The molecule has 0 aromatic heterocycles. The van der Waals surface area contributed by atoms with Crippen LogP contribution >= 0.6 is 0 Å². The van der Waals surface area contributed by atoms with Crippen LogP contribution in [0.1, 0.15) is 91.4 Å². The molecule has 3 saturated carbocycles. The lowest BCUT2D eigenvalue weighted by Gasteiger charge is -2.50. The predicted molar refractivity (Wildman–Crippen MR) is 139 cm³/mol. The molecule has 3 aliphatic heterocycles. The van der Waals surface area contributed by atoms with E-state index in [2.05, 4.69) is 30.7 Å². The van der Waals surface area contributed by atoms with Gasteiger partial charge in [0.05, 0.1) is 6.04 Å². The molecular weight excluding hydrogens is 418 g/mol. The monoisotopic (exact) mass is 467 g/mol. The molecule has 190 valence electrons. The summed E-state index contributed by atoms with van der Waals surface area (Å²) >= 11 is 0. The molecule has 34 heavy (non-hydrogen) atoms. The smallest absolute Gasteiger partial charge is 0.219 e. The Kier molecular flexibility index (Phi) is 6.36. The molecule has 6 rings (SSSR count). The zero-order valence-corrected chi connectivity index (χ0v) is 22.3. The van der Waals surface area contributed by atoms with Crippen molar-refractivity contribution in [2.24, 2.45) is 52.3 Å². The van der Waals surface area contributed by atoms with Crippen LogP contribution in [-0.4, -0.2) is 59.7 Å². The Balaban J connectivity index is 1.21. The zero-order chi connectivity index (χ0) is 23.6. The van der Waals surface area contributed by atoms with Crippen molar-refractivity contribution in [3.8, 4) is 0 Å². The molecule has 0 aromatic rings. The summed E-state index contributed by atoms with van der Waals surface area (Å²) in [6.45, 7) is 9.02. The maximum atomic E-state index is 12.4. The lowest BCUT2D eigenvalue weighted by atomic mass is 9.65. The molecule has 11 atom stereocenters. The number of carbonyl (C=O) groups excluding carboxylic acids is 1. The third-order valence-corrected chi connectivity index (χ3v) is 11.5. The lowest BCUT2D eigenvalue weighted by molar-refractivity contribution is -0.137. The minimum absolute atomic E-state index is 0.304. The number of fused-ring (bicyclic) bond motifs is 4. The molecule has 1 amide bonds. The van der Waals surface area contributed by atoms with Gasteiger partial charge in [0.15, 0.2) is 0 Å². The van der Waals surface area contributed by atoms with E-state index in [-0.39, 0.29) is 0 Å². The normalized spacial score (nSPS) is 48.9. The fourth-order valence-corrected chi connectivity index (χ4v) is 10.2. The Morgan fingerprint density at radius 3 is 2.56 bits per heavy atom. The minimum Gasteiger partial charge on any atom is -0.340 e. The van der Waals surface area contributed by atoms with Crippen LogP contribution in [0, 0.1) is 47.3 Å². The molecule has 4 nitrogen and oxygen atoms in total. The SMILES string of the molecule is CC(=O)N1CCC[C@@H]2[C@@H](C[C@H]3CC[C@H]4C(=N3)C[C@@H]3C[C@@H](C)C[C@H]5[C@@H]3C[C@H]4CN5C)C[C@H](C)C[C@@H]21. The van der Waals surface area contributed by atoms with Gasteiger partial charge in [0.1, 0.15) is 0 Å². The highest BCUT2D eigenvalue weighted by Gasteiger charge is 2.49. The van der Waals surface area contributed by atoms with Gasteiger partial charge in [-0.1, -0.05) is 13.8 Å². The maximum absolute atomic E-state index is 12.4. The Morgan fingerprint density at radius 2 is 1.74 bits per heavy atom. The van der Waals surface area contributed by atoms with E-state index in [0.29, 0.717) is 23.9 Å². The summed E-state index contributed by atoms with van der Waals surface area (Å²) in [4.78, 5) is 23.0. The molecule has 0 N–H and O–H groups in total. The van der Waals surface area contributed by atoms with Gasteiger partial charge in [-0.2, -0.15) is 0 Å². The largest absolute Gasteiger partial charge is 0.340 e. The number of likely N-dealkylation sites (tertiary alicyclic amines) is 2. The molecule has 6 aliphatic rings. The Bertz CT molecular complexity index is 809. The molecule has 3 aliphatic carbocycles. The van der Waals surface area contributed by atoms with Gasteiger partial charge in [0.25, 0.3) is 0 Å². The first-order valence-electron chi connectivity index (χ1n) is 14.9. The van der Waals surface area contributed by atoms with Crippen molar-refractivity contribution in [3.05, 3.63) is 0 Å². The van der Waals surface area contributed by atoms with Crippen LogP contribution < -0.4 is 0 Å². The third-order valence-electron chi connectivity index (χ3n) is 11.5. The molecule has 0 aromatic carbocycles. The average Bonchev–Trinajstić information content (AvgIpc) is 2.92. The van der Waals surface area contributed by atoms with E-state index < -0.39 is 0 Å². The molecule has 0 spiro atoms. The summed E-state index contributed by atoms with van der Waals surface area (Å²) in [5.41, 5.74) is 1.64. The summed E-state index contributed by atoms with van der Waals surface area (Å²) in [5.74, 6) is 6.81. The number of carbonyl (C=O) groups is 1. The van der Waals surface area contributed by atoms with Crippen LogP contribution in [0.25, 0.3) is 0 Å². The van der Waals surface area contributed by atoms with Crippen LogP contribution in [0.4, 0.5) is 0 Å². The van der Waals surface area contributed by atoms with Crippen molar-refractivity contribution in [1.29, 1.82) is 0 Å². The van der Waals surface area contributed by atoms with Gasteiger partial charge in [-0.25, -0.2) is 0 Å². The van der Waals surface area contributed by atoms with Crippen LogP contribution in [0.2, 0.25) is 0 Å². The highest BCUT2D eigenvalue weighted by Crippen LogP contribution is 2.51. The molecular formula is C30H49N3O. The van der Waals surface area contributed by atoms with Gasteiger partial charge in [-0.05, 0) is 119 Å². The third kappa shape index (κ3) is 4.18. The van der Waals surface area contributed by atoms with Crippen molar-refractivity contribution in [2.75, 3.05) is 20.1 Å². The first kappa shape index (κ1) is 23.5. The molecule has 5 fully saturated rings. The summed E-state index contributed by atoms with van der Waals surface area (Å²) < 4.78 is 0. The minimum atomic E-state index is 0.304. The van der Waals surface area contributed by atoms with Gasteiger partial charge in [0.2, 0.25) is 5.91 Å². The van der Waals surface area contributed by atoms with Crippen molar-refractivity contribution in [1.82, 2.24) is 9.80 Å². The number of nitrogens with zero attached hydrogens (tertiary/aromatic N) is 3. The number of hydrogen-bond donors (Lipinski definition) is 0. The van der Waals surface area contributed by atoms with E-state index in [1.165, 1.54) is 77.2 Å². The van der Waals surface area contributed by atoms with Crippen molar-refractivity contribution < 1.29 is 4.79 Å². The van der Waals surface area contributed by atoms with Gasteiger partial charge >= 0.3 is 0 Å². The molecule has 3 heterocycles. The van der Waals surface area contributed by atoms with Crippen molar-refractivity contribution in [2.45, 2.75) is 110 Å². The van der Waals surface area contributed by atoms with Gasteiger partial charge in [-0.15, -0.1) is 0 Å². The summed E-state index contributed by atoms with van der Waals surface area (Å²) in [7, 11) is 2.42. The van der Waals surface area contributed by atoms with Crippen LogP contribution in [-0.2, 0) is 4.79 Å². The Morgan fingerprint density at radius 1 is 0.941 bits per heavy atom. The van der Waals surface area contributed by atoms with Crippen molar-refractivity contribution >= 4 is 11.6 Å². The highest BCUT2D eigenvalue weighted by molar-refractivity contribution is 5.88. The lowest BCUT2D eigenvalue weighted by Crippen LogP contribution is -2.53. The van der Waals surface area contributed by atoms with Crippen LogP contribution in [0.3, 0.4) is 0 Å². The van der Waals surface area contributed by atoms with E-state index in [1.807, 2.05) is 0 Å². The van der Waals surface area contributed by atoms with Gasteiger partial charge in [0, 0.05) is 43.7 Å². The first-order valence-corrected chi connectivity index (χ1v) is 14.9. The second-order valence-corrected chi connectivity index (χ2v) is 13.8. The second kappa shape index (κ2) is 9.20. The number of amides is 1. The molecule has 2 bridgehead atoms. The number of hydrogen-bond acceptors (Lipinski definition) is 3. The first-order chi connectivity index (χ1) is 16.4. The van der Waals surface area contributed by atoms with E-state index in [4.69, 9.17) is 4.99 Å². The van der Waals surface area contributed by atoms with E-state index in [1.54, 1.807) is 12.6 Å². The molecule has 4 heteroatoms. The van der Waals surface area contributed by atoms with E-state index >= 15 is 0 Å². The van der Waals surface area contributed by atoms with E-state index in [9.17, 15) is 4.79 Å². The van der Waals surface area contributed by atoms with Gasteiger partial charge < -0.3 is 9.80 Å². The van der Waals surface area contributed by atoms with Crippen molar-refractivity contribution in [3.63, 3.8) is 0 Å². The molecule has 0 unspecified atom stereocenters. The molecule has 0 radical (unpaired) electrons. The number of aliphatic imine (C=N–C) groups is 1. The fourth-order valence-electron chi connectivity index (χ4n) is 10.2. The fraction of sp³-hybridized carbons (Fsp3) is 0.933. The zero-order valence-electron chi connectivity index (χ0n) is 22.3. The van der Waals surface area contributed by atoms with Gasteiger partial charge in [-0.3, -0.25) is 9.79 Å². The maximum Gasteiger partial charge on any atom is 0.219 e. The molecule has 2 saturated heterocycles. The summed E-state index contributed by atoms with van der Waals surface area (Å²) in [6.07, 6.45) is 14.7. The Hall–Kier alpha value is -0.900. The summed E-state index contributed by atoms with van der Waals surface area (Å²) in [5, 5.41) is 0.